The number of amides is 1. The van der Waals surface area contributed by atoms with Crippen LogP contribution in [-0.4, -0.2) is 17.0 Å². The highest BCUT2D eigenvalue weighted by Gasteiger charge is 2.18. The molecule has 2 N–H and O–H groups in total. The van der Waals surface area contributed by atoms with Gasteiger partial charge in [-0.15, -0.1) is 11.3 Å². The van der Waals surface area contributed by atoms with Crippen molar-refractivity contribution in [3.63, 3.8) is 0 Å². The van der Waals surface area contributed by atoms with Crippen molar-refractivity contribution in [3.8, 4) is 0 Å². The van der Waals surface area contributed by atoms with Crippen LogP contribution in [0.3, 0.4) is 0 Å². The molecule has 2 aromatic carbocycles. The molecule has 1 amide bonds. The smallest absolute Gasteiger partial charge is 0.335 e. The fourth-order valence-electron chi connectivity index (χ4n) is 2.85. The van der Waals surface area contributed by atoms with Gasteiger partial charge in [0.25, 0.3) is 5.91 Å². The Morgan fingerprint density at radius 1 is 1.16 bits per heavy atom. The van der Waals surface area contributed by atoms with Gasteiger partial charge >= 0.3 is 5.97 Å². The highest BCUT2D eigenvalue weighted by atomic mass is 32.1. The minimum atomic E-state index is -1.01. The number of aryl methyl sites for hydroxylation is 2. The molecule has 0 radical (unpaired) electrons. The summed E-state index contributed by atoms with van der Waals surface area (Å²) in [5.74, 6) is -1.20. The van der Waals surface area contributed by atoms with E-state index in [-0.39, 0.29) is 11.5 Å². The predicted octanol–water partition coefficient (Wildman–Crippen LogP) is 5.11. The van der Waals surface area contributed by atoms with Crippen molar-refractivity contribution >= 4 is 39.0 Å². The number of anilines is 1. The standard InChI is InChI=1S/C20H19NO3S/c1-3-6-15-14-7-4-5-8-17(14)25-18(15)19(22)21-16-11-13(20(23)24)10-9-12(16)2/h4-5,7-11H,3,6H2,1-2H3,(H,21,22)(H,23,24). The highest BCUT2D eigenvalue weighted by molar-refractivity contribution is 7.21. The van der Waals surface area contributed by atoms with E-state index >= 15 is 0 Å². The van der Waals surface area contributed by atoms with Gasteiger partial charge in [0.2, 0.25) is 0 Å². The summed E-state index contributed by atoms with van der Waals surface area (Å²) in [6.07, 6.45) is 1.79. The third-order valence-electron chi connectivity index (χ3n) is 4.14. The summed E-state index contributed by atoms with van der Waals surface area (Å²) in [6, 6.07) is 12.8. The SMILES string of the molecule is CCCc1c(C(=O)Nc2cc(C(=O)O)ccc2C)sc2ccccc12. The Bertz CT molecular complexity index is 959. The van der Waals surface area contributed by atoms with E-state index < -0.39 is 5.97 Å². The van der Waals surface area contributed by atoms with Crippen LogP contribution >= 0.6 is 11.3 Å². The fourth-order valence-corrected chi connectivity index (χ4v) is 4.00. The minimum absolute atomic E-state index is 0.158. The van der Waals surface area contributed by atoms with Crippen LogP contribution in [0.15, 0.2) is 42.5 Å². The maximum absolute atomic E-state index is 12.9. The largest absolute Gasteiger partial charge is 0.478 e. The van der Waals surface area contributed by atoms with Gasteiger partial charge in [0, 0.05) is 10.4 Å². The average molecular weight is 353 g/mol. The van der Waals surface area contributed by atoms with Crippen molar-refractivity contribution in [2.24, 2.45) is 0 Å². The van der Waals surface area contributed by atoms with E-state index in [1.54, 1.807) is 6.07 Å². The number of carbonyl (C=O) groups excluding carboxylic acids is 1. The Morgan fingerprint density at radius 3 is 2.64 bits per heavy atom. The summed E-state index contributed by atoms with van der Waals surface area (Å²) in [6.45, 7) is 3.94. The van der Waals surface area contributed by atoms with Gasteiger partial charge in [-0.3, -0.25) is 4.79 Å². The Morgan fingerprint density at radius 2 is 1.92 bits per heavy atom. The molecule has 0 unspecified atom stereocenters. The van der Waals surface area contributed by atoms with Gasteiger partial charge in [-0.1, -0.05) is 37.6 Å². The zero-order chi connectivity index (χ0) is 18.0. The molecule has 3 aromatic rings. The fraction of sp³-hybridized carbons (Fsp3) is 0.200. The molecule has 0 aliphatic heterocycles. The molecule has 0 saturated carbocycles. The third-order valence-corrected chi connectivity index (χ3v) is 5.35. The lowest BCUT2D eigenvalue weighted by molar-refractivity contribution is 0.0696. The van der Waals surface area contributed by atoms with Gasteiger partial charge in [-0.05, 0) is 48.1 Å². The van der Waals surface area contributed by atoms with E-state index in [4.69, 9.17) is 5.11 Å². The number of rotatable bonds is 5. The second-order valence-electron chi connectivity index (χ2n) is 5.94. The summed E-state index contributed by atoms with van der Waals surface area (Å²) in [7, 11) is 0. The zero-order valence-electron chi connectivity index (χ0n) is 14.1. The zero-order valence-corrected chi connectivity index (χ0v) is 14.9. The molecule has 0 fully saturated rings. The second-order valence-corrected chi connectivity index (χ2v) is 7.00. The van der Waals surface area contributed by atoms with Crippen LogP contribution in [-0.2, 0) is 6.42 Å². The number of hydrogen-bond donors (Lipinski definition) is 2. The number of aromatic carboxylic acids is 1. The first-order chi connectivity index (χ1) is 12.0. The summed E-state index contributed by atoms with van der Waals surface area (Å²) in [5.41, 5.74) is 2.58. The normalized spacial score (nSPS) is 10.8. The van der Waals surface area contributed by atoms with Gasteiger partial charge in [0.05, 0.1) is 10.4 Å². The Labute approximate surface area is 150 Å². The van der Waals surface area contributed by atoms with Crippen molar-refractivity contribution in [2.75, 3.05) is 5.32 Å². The van der Waals surface area contributed by atoms with E-state index in [1.165, 1.54) is 23.5 Å². The van der Waals surface area contributed by atoms with Gasteiger partial charge in [0.15, 0.2) is 0 Å². The first-order valence-electron chi connectivity index (χ1n) is 8.17. The average Bonchev–Trinajstić information content (AvgIpc) is 2.96. The van der Waals surface area contributed by atoms with Gasteiger partial charge in [-0.2, -0.15) is 0 Å². The number of hydrogen-bond acceptors (Lipinski definition) is 3. The molecule has 0 bridgehead atoms. The molecular weight excluding hydrogens is 334 g/mol. The van der Waals surface area contributed by atoms with Crippen molar-refractivity contribution in [2.45, 2.75) is 26.7 Å². The van der Waals surface area contributed by atoms with Crippen LogP contribution in [0.5, 0.6) is 0 Å². The molecule has 0 atom stereocenters. The molecule has 1 heterocycles. The van der Waals surface area contributed by atoms with Crippen LogP contribution in [0.4, 0.5) is 5.69 Å². The Kier molecular flexibility index (Phi) is 4.86. The van der Waals surface area contributed by atoms with Gasteiger partial charge in [-0.25, -0.2) is 4.79 Å². The van der Waals surface area contributed by atoms with Crippen LogP contribution in [0, 0.1) is 6.92 Å². The van der Waals surface area contributed by atoms with Crippen LogP contribution in [0.2, 0.25) is 0 Å². The van der Waals surface area contributed by atoms with Crippen LogP contribution in [0.25, 0.3) is 10.1 Å². The van der Waals surface area contributed by atoms with E-state index in [2.05, 4.69) is 12.2 Å². The summed E-state index contributed by atoms with van der Waals surface area (Å²) >= 11 is 1.48. The first-order valence-corrected chi connectivity index (χ1v) is 8.98. The van der Waals surface area contributed by atoms with E-state index in [0.29, 0.717) is 10.6 Å². The monoisotopic (exact) mass is 353 g/mol. The van der Waals surface area contributed by atoms with Crippen molar-refractivity contribution in [1.29, 1.82) is 0 Å². The number of nitrogens with one attached hydrogen (secondary N) is 1. The Hall–Kier alpha value is -2.66. The maximum atomic E-state index is 12.9. The maximum Gasteiger partial charge on any atom is 0.335 e. The number of benzene rings is 2. The van der Waals surface area contributed by atoms with Crippen molar-refractivity contribution in [1.82, 2.24) is 0 Å². The molecule has 25 heavy (non-hydrogen) atoms. The first kappa shape index (κ1) is 17.2. The molecule has 128 valence electrons. The van der Waals surface area contributed by atoms with Gasteiger partial charge < -0.3 is 10.4 Å². The topological polar surface area (TPSA) is 66.4 Å². The summed E-state index contributed by atoms with van der Waals surface area (Å²) in [4.78, 5) is 24.7. The van der Waals surface area contributed by atoms with Crippen LogP contribution < -0.4 is 5.32 Å². The number of carboxylic acids is 1. The van der Waals surface area contributed by atoms with Crippen molar-refractivity contribution in [3.05, 3.63) is 64.0 Å². The molecule has 0 aliphatic rings. The molecular formula is C20H19NO3S. The lowest BCUT2D eigenvalue weighted by atomic mass is 10.1. The van der Waals surface area contributed by atoms with E-state index in [1.807, 2.05) is 31.2 Å². The summed E-state index contributed by atoms with van der Waals surface area (Å²) < 4.78 is 1.09. The third kappa shape index (κ3) is 3.42. The molecule has 0 saturated heterocycles. The van der Waals surface area contributed by atoms with E-state index in [0.717, 1.165) is 34.1 Å². The number of fused-ring (bicyclic) bond motifs is 1. The molecule has 0 aliphatic carbocycles. The predicted molar refractivity (Wildman–Crippen MR) is 102 cm³/mol. The molecule has 4 nitrogen and oxygen atoms in total. The second kappa shape index (κ2) is 7.07. The molecule has 3 rings (SSSR count). The highest BCUT2D eigenvalue weighted by Crippen LogP contribution is 2.33. The number of thiophene rings is 1. The van der Waals surface area contributed by atoms with Gasteiger partial charge in [0.1, 0.15) is 0 Å². The minimum Gasteiger partial charge on any atom is -0.478 e. The van der Waals surface area contributed by atoms with Crippen molar-refractivity contribution < 1.29 is 14.7 Å². The molecule has 5 heteroatoms. The molecule has 1 aromatic heterocycles. The van der Waals surface area contributed by atoms with Crippen LogP contribution in [0.1, 0.15) is 44.5 Å². The lowest BCUT2D eigenvalue weighted by Gasteiger charge is -2.10. The summed E-state index contributed by atoms with van der Waals surface area (Å²) in [5, 5.41) is 13.2. The quantitative estimate of drug-likeness (QED) is 0.669. The number of carbonyl (C=O) groups is 2. The number of carboxylic acid groups (broad SMARTS) is 1. The Balaban J connectivity index is 1.99. The molecule has 0 spiro atoms. The van der Waals surface area contributed by atoms with E-state index in [9.17, 15) is 9.59 Å². The lowest BCUT2D eigenvalue weighted by Crippen LogP contribution is -2.13.